The summed E-state index contributed by atoms with van der Waals surface area (Å²) in [4.78, 5) is 88.4. The molecule has 0 aliphatic carbocycles. The number of benzene rings is 6. The highest BCUT2D eigenvalue weighted by Gasteiger charge is 2.30. The highest BCUT2D eigenvalue weighted by Crippen LogP contribution is 2.26. The van der Waals surface area contributed by atoms with Gasteiger partial charge < -0.3 is 63.8 Å². The van der Waals surface area contributed by atoms with E-state index in [9.17, 15) is 38.4 Å². The number of esters is 4. The van der Waals surface area contributed by atoms with Crippen molar-refractivity contribution in [2.45, 2.75) is 26.2 Å². The van der Waals surface area contributed by atoms with Crippen LogP contribution in [0.2, 0.25) is 0 Å². The van der Waals surface area contributed by atoms with Gasteiger partial charge in [-0.05, 0) is 119 Å². The smallest absolute Gasteiger partial charge is 0.347 e. The number of amides is 2. The van der Waals surface area contributed by atoms with Crippen molar-refractivity contribution in [2.24, 2.45) is 0 Å². The summed E-state index contributed by atoms with van der Waals surface area (Å²) in [7, 11) is 10.0. The van der Waals surface area contributed by atoms with Gasteiger partial charge in [0.15, 0.2) is 0 Å². The second kappa shape index (κ2) is 29.1. The molecule has 0 unspecified atom stereocenters. The number of ether oxygens (including phenoxy) is 8. The predicted molar refractivity (Wildman–Crippen MR) is 283 cm³/mol. The lowest BCUT2D eigenvalue weighted by Crippen LogP contribution is -2.19. The van der Waals surface area contributed by atoms with Crippen LogP contribution in [0.4, 0.5) is 0 Å². The molecule has 0 saturated heterocycles. The molecule has 10 rings (SSSR count). The lowest BCUT2D eigenvalue weighted by Gasteiger charge is -2.08. The molecular weight excluding hydrogens is 1090 g/mol. The standard InChI is InChI=1S/C11H12O5.C9H7NO3.C9H11NO.C9H8O5.C9H6O4.C8H9NO.BrH/c1-14-7-4-5-8(10(12)15-2)9(6-7)11(13)16-3;1-13-5-2-3-6-7(4-5)9(12)10-8(6)11;1-11-9-3-2-7-5-10-6-8(7)4-9;1-14-5-2-3-6(8(10)11)7(4-5)9(12)13;1-12-5-2-3-6-7(4-5)9(11)13-8(6)10;10-8-2-1-6-4-9-5-7(6)3-8;/h4-6H,1-3H3;2-4H,1H3,(H,10,11,12);2-4,10H,5-6H2,1H3;2-4H,1H3,(H,10,11)(H,12,13);2-4H,1H3;1-3,9-10H,4-5H2;1H. The second-order valence-corrected chi connectivity index (χ2v) is 16.0. The minimum Gasteiger partial charge on any atom is -0.508 e. The molecule has 4 aliphatic heterocycles. The Bertz CT molecular complexity index is 3140. The number of hydrogen-bond acceptors (Lipinski definition) is 19. The van der Waals surface area contributed by atoms with Gasteiger partial charge in [0.1, 0.15) is 34.5 Å². The van der Waals surface area contributed by atoms with Gasteiger partial charge in [-0.25, -0.2) is 28.8 Å². The summed E-state index contributed by atoms with van der Waals surface area (Å²) in [5, 5.41) is 35.1. The van der Waals surface area contributed by atoms with Crippen LogP contribution in [0.25, 0.3) is 0 Å². The number of imide groups is 1. The number of carbonyl (C=O) groups is 8. The lowest BCUT2D eigenvalue weighted by atomic mass is 10.1. The SMILES string of the molecule is Br.COC(=O)c1ccc(OC)cc1C(=O)OC.COc1ccc(C(=O)O)c(C(=O)O)c1.COc1ccc2c(c1)C(=O)NC2=O.COc1ccc2c(c1)C(=O)OC2=O.COc1ccc2c(c1)CNC2.Oc1ccc2c(c1)CNC2. The Morgan fingerprint density at radius 2 is 0.821 bits per heavy atom. The Morgan fingerprint density at radius 3 is 1.36 bits per heavy atom. The average Bonchev–Trinajstić information content (AvgIpc) is 4.26. The number of phenolic OH excluding ortho intramolecular Hbond substituents is 1. The topological polar surface area (TPSA) is 307 Å². The summed E-state index contributed by atoms with van der Waals surface area (Å²) in [6.07, 6.45) is 0. The molecule has 0 atom stereocenters. The molecule has 0 bridgehead atoms. The van der Waals surface area contributed by atoms with Crippen molar-refractivity contribution < 1.29 is 91.6 Å². The van der Waals surface area contributed by atoms with Gasteiger partial charge in [-0.1, -0.05) is 12.1 Å². The van der Waals surface area contributed by atoms with Crippen LogP contribution in [0.15, 0.2) is 109 Å². The van der Waals surface area contributed by atoms with Crippen LogP contribution in [-0.4, -0.2) is 113 Å². The van der Waals surface area contributed by atoms with E-state index in [0.29, 0.717) is 45.4 Å². The largest absolute Gasteiger partial charge is 0.508 e. The number of carbonyl (C=O) groups excluding carboxylic acids is 6. The molecule has 23 heteroatoms. The zero-order chi connectivity index (χ0) is 56.3. The van der Waals surface area contributed by atoms with E-state index in [2.05, 4.69) is 42.3 Å². The van der Waals surface area contributed by atoms with E-state index in [0.717, 1.165) is 31.9 Å². The molecule has 6 aromatic carbocycles. The van der Waals surface area contributed by atoms with Crippen molar-refractivity contribution in [1.82, 2.24) is 16.0 Å². The summed E-state index contributed by atoms with van der Waals surface area (Å²) in [5.74, 6) is -2.49. The van der Waals surface area contributed by atoms with E-state index >= 15 is 0 Å². The number of carboxylic acids is 2. The molecule has 4 heterocycles. The van der Waals surface area contributed by atoms with Gasteiger partial charge in [0.05, 0.1) is 94.3 Å². The molecule has 0 fully saturated rings. The number of phenols is 1. The van der Waals surface area contributed by atoms with Gasteiger partial charge in [-0.3, -0.25) is 14.9 Å². The average molecular weight is 1140 g/mol. The Hall–Kier alpha value is -9.32. The second-order valence-electron chi connectivity index (χ2n) is 16.0. The molecule has 0 radical (unpaired) electrons. The maximum Gasteiger partial charge on any atom is 0.347 e. The summed E-state index contributed by atoms with van der Waals surface area (Å²) in [5.41, 5.74) is 6.37. The first kappa shape index (κ1) is 61.2. The number of aromatic hydroxyl groups is 1. The fraction of sp³-hybridized carbons (Fsp3) is 0.200. The van der Waals surface area contributed by atoms with Gasteiger partial charge in [0.2, 0.25) is 0 Å². The summed E-state index contributed by atoms with van der Waals surface area (Å²) in [6.45, 7) is 3.81. The van der Waals surface area contributed by atoms with Gasteiger partial charge in [-0.15, -0.1) is 17.0 Å². The number of fused-ring (bicyclic) bond motifs is 4. The van der Waals surface area contributed by atoms with E-state index in [1.807, 2.05) is 18.2 Å². The number of methoxy groups -OCH3 is 7. The van der Waals surface area contributed by atoms with Gasteiger partial charge in [-0.2, -0.15) is 0 Å². The summed E-state index contributed by atoms with van der Waals surface area (Å²) in [6, 6.07) is 29.3. The normalized spacial score (nSPS) is 12.3. The third-order valence-corrected chi connectivity index (χ3v) is 11.4. The molecule has 78 heavy (non-hydrogen) atoms. The molecule has 2 amide bonds. The van der Waals surface area contributed by atoms with Crippen molar-refractivity contribution >= 4 is 64.6 Å². The van der Waals surface area contributed by atoms with Crippen LogP contribution in [-0.2, 0) is 40.4 Å². The van der Waals surface area contributed by atoms with E-state index in [1.165, 1.54) is 107 Å². The minimum atomic E-state index is -1.29. The first-order valence-corrected chi connectivity index (χ1v) is 22.8. The van der Waals surface area contributed by atoms with Crippen molar-refractivity contribution in [3.8, 4) is 34.5 Å². The fourth-order valence-corrected chi connectivity index (χ4v) is 7.38. The summed E-state index contributed by atoms with van der Waals surface area (Å²) < 4.78 is 38.2. The number of nitrogens with one attached hydrogen (secondary N) is 3. The first-order chi connectivity index (χ1) is 36.9. The molecule has 0 aromatic heterocycles. The third kappa shape index (κ3) is 15.9. The zero-order valence-corrected chi connectivity index (χ0v) is 44.7. The highest BCUT2D eigenvalue weighted by atomic mass is 79.9. The maximum atomic E-state index is 11.4. The Balaban J connectivity index is 0.000000202. The number of carboxylic acid groups (broad SMARTS) is 2. The monoisotopic (exact) mass is 1140 g/mol. The van der Waals surface area contributed by atoms with Crippen LogP contribution < -0.4 is 39.6 Å². The molecular formula is C55H54BrN3O19. The fourth-order valence-electron chi connectivity index (χ4n) is 7.38. The van der Waals surface area contributed by atoms with E-state index < -0.39 is 35.8 Å². The van der Waals surface area contributed by atoms with Crippen molar-refractivity contribution in [3.63, 3.8) is 0 Å². The molecule has 4 aliphatic rings. The van der Waals surface area contributed by atoms with Crippen LogP contribution in [0.3, 0.4) is 0 Å². The van der Waals surface area contributed by atoms with Crippen LogP contribution in [0, 0.1) is 0 Å². The minimum absolute atomic E-state index is 0. The number of aromatic carboxylic acids is 2. The van der Waals surface area contributed by atoms with Crippen LogP contribution >= 0.6 is 17.0 Å². The van der Waals surface area contributed by atoms with Gasteiger partial charge in [0, 0.05) is 26.2 Å². The van der Waals surface area contributed by atoms with E-state index in [4.69, 9.17) is 39.0 Å². The van der Waals surface area contributed by atoms with E-state index in [-0.39, 0.29) is 56.6 Å². The van der Waals surface area contributed by atoms with Crippen molar-refractivity contribution in [2.75, 3.05) is 49.8 Å². The van der Waals surface area contributed by atoms with Crippen molar-refractivity contribution in [1.29, 1.82) is 0 Å². The molecule has 410 valence electrons. The zero-order valence-electron chi connectivity index (χ0n) is 43.0. The Labute approximate surface area is 456 Å². The quantitative estimate of drug-likeness (QED) is 0.0374. The predicted octanol–water partition coefficient (Wildman–Crippen LogP) is 6.82. The molecule has 22 nitrogen and oxygen atoms in total. The third-order valence-electron chi connectivity index (χ3n) is 11.4. The number of hydrogen-bond donors (Lipinski definition) is 6. The van der Waals surface area contributed by atoms with Crippen LogP contribution in [0.1, 0.15) is 105 Å². The first-order valence-electron chi connectivity index (χ1n) is 22.8. The number of halogens is 1. The molecule has 6 aromatic rings. The van der Waals surface area contributed by atoms with Crippen molar-refractivity contribution in [3.05, 3.63) is 176 Å². The Morgan fingerprint density at radius 1 is 0.423 bits per heavy atom. The number of rotatable bonds is 9. The van der Waals surface area contributed by atoms with E-state index in [1.54, 1.807) is 43.5 Å². The molecule has 6 N–H and O–H groups in total. The molecule has 0 spiro atoms. The van der Waals surface area contributed by atoms with Gasteiger partial charge in [0.25, 0.3) is 11.8 Å². The molecule has 0 saturated carbocycles. The highest BCUT2D eigenvalue weighted by molar-refractivity contribution is 8.93. The van der Waals surface area contributed by atoms with Gasteiger partial charge >= 0.3 is 35.8 Å². The summed E-state index contributed by atoms with van der Waals surface area (Å²) >= 11 is 0. The Kier molecular flexibility index (Phi) is 22.8. The lowest BCUT2D eigenvalue weighted by molar-refractivity contribution is 0.0440. The van der Waals surface area contributed by atoms with Crippen LogP contribution in [0.5, 0.6) is 34.5 Å². The maximum absolute atomic E-state index is 11.4. The number of cyclic esters (lactones) is 2.